The van der Waals surface area contributed by atoms with Crippen molar-refractivity contribution >= 4 is 6.08 Å². The Balaban J connectivity index is 2.26. The molecule has 0 aromatic carbocycles. The Labute approximate surface area is 88.6 Å². The molecule has 15 heavy (non-hydrogen) atoms. The van der Waals surface area contributed by atoms with E-state index in [0.717, 1.165) is 61.2 Å². The molecule has 0 unspecified atom stereocenters. The van der Waals surface area contributed by atoms with Crippen LogP contribution in [0.1, 0.15) is 41.9 Å². The van der Waals surface area contributed by atoms with Gasteiger partial charge in [-0.2, -0.15) is 0 Å². The third kappa shape index (κ3) is 1.36. The fourth-order valence-corrected chi connectivity index (χ4v) is 2.49. The Bertz CT molecular complexity index is 480. The molecule has 0 fully saturated rings. The molecule has 0 radical (unpaired) electrons. The average Bonchev–Trinajstić information content (AvgIpc) is 2.30. The van der Waals surface area contributed by atoms with Crippen molar-refractivity contribution in [1.29, 1.82) is 0 Å². The molecule has 1 aromatic rings. The lowest BCUT2D eigenvalue weighted by Gasteiger charge is -2.17. The van der Waals surface area contributed by atoms with Crippen molar-refractivity contribution in [3.8, 4) is 0 Å². The largest absolute Gasteiger partial charge is 0.465 e. The molecule has 0 N–H and O–H groups in total. The van der Waals surface area contributed by atoms with E-state index < -0.39 is 0 Å². The van der Waals surface area contributed by atoms with E-state index in [9.17, 15) is 4.79 Å². The lowest BCUT2D eigenvalue weighted by molar-refractivity contribution is 0.414. The number of hydrogen-bond acceptors (Lipinski definition) is 2. The Morgan fingerprint density at radius 3 is 2.87 bits per heavy atom. The third-order valence-electron chi connectivity index (χ3n) is 3.31. The average molecular weight is 202 g/mol. The minimum Gasteiger partial charge on any atom is -0.465 e. The van der Waals surface area contributed by atoms with Crippen LogP contribution in [-0.2, 0) is 19.3 Å². The zero-order valence-electron chi connectivity index (χ0n) is 8.71. The van der Waals surface area contributed by atoms with Crippen LogP contribution in [0.5, 0.6) is 0 Å². The fraction of sp³-hybridized carbons (Fsp3) is 0.462. The molecule has 0 saturated heterocycles. The number of rotatable bonds is 0. The summed E-state index contributed by atoms with van der Waals surface area (Å²) in [6.07, 6.45) is 10.0. The predicted molar refractivity (Wildman–Crippen MR) is 59.0 cm³/mol. The summed E-state index contributed by atoms with van der Waals surface area (Å²) in [6.45, 7) is 0. The lowest BCUT2D eigenvalue weighted by atomic mass is 9.93. The summed E-state index contributed by atoms with van der Waals surface area (Å²) in [5, 5.41) is 0. The second-order valence-electron chi connectivity index (χ2n) is 4.32. The second-order valence-corrected chi connectivity index (χ2v) is 4.32. The van der Waals surface area contributed by atoms with Crippen molar-refractivity contribution < 1.29 is 4.42 Å². The summed E-state index contributed by atoms with van der Waals surface area (Å²) in [5.41, 5.74) is 1.97. The van der Waals surface area contributed by atoms with E-state index in [0.29, 0.717) is 0 Å². The summed E-state index contributed by atoms with van der Waals surface area (Å²) in [7, 11) is 0. The van der Waals surface area contributed by atoms with E-state index in [2.05, 4.69) is 6.08 Å². The summed E-state index contributed by atoms with van der Waals surface area (Å²) in [6, 6.07) is 0. The van der Waals surface area contributed by atoms with Crippen LogP contribution in [0.3, 0.4) is 0 Å². The molecule has 2 nitrogen and oxygen atoms in total. The highest BCUT2D eigenvalue weighted by molar-refractivity contribution is 5.54. The second kappa shape index (κ2) is 3.37. The van der Waals surface area contributed by atoms with Crippen molar-refractivity contribution in [3.05, 3.63) is 38.9 Å². The molecule has 0 aliphatic heterocycles. The van der Waals surface area contributed by atoms with Gasteiger partial charge < -0.3 is 4.42 Å². The zero-order valence-corrected chi connectivity index (χ0v) is 8.71. The zero-order chi connectivity index (χ0) is 10.3. The molecule has 0 bridgehead atoms. The molecule has 1 heterocycles. The SMILES string of the molecule is O=c1c2c(oc3c1CCCC3)CCC=C2. The first-order chi connectivity index (χ1) is 7.36. The Morgan fingerprint density at radius 2 is 1.93 bits per heavy atom. The van der Waals surface area contributed by atoms with Gasteiger partial charge in [0, 0.05) is 18.4 Å². The molecule has 2 heteroatoms. The van der Waals surface area contributed by atoms with Gasteiger partial charge in [-0.25, -0.2) is 0 Å². The van der Waals surface area contributed by atoms with Crippen LogP contribution in [0.4, 0.5) is 0 Å². The van der Waals surface area contributed by atoms with Gasteiger partial charge in [0.1, 0.15) is 11.5 Å². The Hall–Kier alpha value is -1.31. The first-order valence-electron chi connectivity index (χ1n) is 5.70. The van der Waals surface area contributed by atoms with E-state index in [1.165, 1.54) is 0 Å². The van der Waals surface area contributed by atoms with Gasteiger partial charge in [-0.15, -0.1) is 0 Å². The first-order valence-corrected chi connectivity index (χ1v) is 5.70. The number of hydrogen-bond donors (Lipinski definition) is 0. The maximum Gasteiger partial charge on any atom is 0.195 e. The van der Waals surface area contributed by atoms with E-state index >= 15 is 0 Å². The van der Waals surface area contributed by atoms with Gasteiger partial charge in [0.25, 0.3) is 0 Å². The van der Waals surface area contributed by atoms with Gasteiger partial charge in [0.05, 0.1) is 5.56 Å². The highest BCUT2D eigenvalue weighted by atomic mass is 16.3. The molecule has 0 saturated carbocycles. The van der Waals surface area contributed by atoms with Gasteiger partial charge >= 0.3 is 0 Å². The summed E-state index contributed by atoms with van der Waals surface area (Å²) >= 11 is 0. The normalized spacial score (nSPS) is 18.4. The molecule has 3 rings (SSSR count). The van der Waals surface area contributed by atoms with Gasteiger partial charge in [0.15, 0.2) is 5.43 Å². The standard InChI is InChI=1S/C13H14O2/c14-13-9-5-1-3-7-11(9)15-12-8-4-2-6-10(12)13/h1,5H,2-4,6-8H2. The number of aryl methyl sites for hydroxylation is 2. The van der Waals surface area contributed by atoms with Gasteiger partial charge in [-0.3, -0.25) is 4.79 Å². The molecular formula is C13H14O2. The molecule has 0 amide bonds. The van der Waals surface area contributed by atoms with Crippen molar-refractivity contribution in [2.24, 2.45) is 0 Å². The van der Waals surface area contributed by atoms with Crippen molar-refractivity contribution in [2.75, 3.05) is 0 Å². The number of fused-ring (bicyclic) bond motifs is 2. The van der Waals surface area contributed by atoms with E-state index in [1.54, 1.807) is 0 Å². The topological polar surface area (TPSA) is 30.2 Å². The van der Waals surface area contributed by atoms with E-state index in [-0.39, 0.29) is 5.43 Å². The maximum absolute atomic E-state index is 12.1. The molecule has 2 aliphatic carbocycles. The molecular weight excluding hydrogens is 188 g/mol. The number of allylic oxidation sites excluding steroid dienone is 1. The molecule has 0 atom stereocenters. The van der Waals surface area contributed by atoms with Gasteiger partial charge in [0.2, 0.25) is 0 Å². The smallest absolute Gasteiger partial charge is 0.195 e. The highest BCUT2D eigenvalue weighted by Gasteiger charge is 2.20. The summed E-state index contributed by atoms with van der Waals surface area (Å²) < 4.78 is 5.85. The van der Waals surface area contributed by atoms with Crippen molar-refractivity contribution in [3.63, 3.8) is 0 Å². The van der Waals surface area contributed by atoms with Crippen LogP contribution in [0.15, 0.2) is 15.3 Å². The third-order valence-corrected chi connectivity index (χ3v) is 3.31. The van der Waals surface area contributed by atoms with Crippen LogP contribution in [0.25, 0.3) is 6.08 Å². The molecule has 78 valence electrons. The fourth-order valence-electron chi connectivity index (χ4n) is 2.49. The lowest BCUT2D eigenvalue weighted by Crippen LogP contribution is -2.21. The van der Waals surface area contributed by atoms with Crippen LogP contribution in [0, 0.1) is 0 Å². The van der Waals surface area contributed by atoms with Crippen LogP contribution >= 0.6 is 0 Å². The summed E-state index contributed by atoms with van der Waals surface area (Å²) in [5.74, 6) is 1.86. The van der Waals surface area contributed by atoms with Gasteiger partial charge in [-0.1, -0.05) is 12.2 Å². The minimum absolute atomic E-state index is 0.224. The van der Waals surface area contributed by atoms with Crippen LogP contribution in [0.2, 0.25) is 0 Å². The van der Waals surface area contributed by atoms with E-state index in [4.69, 9.17) is 4.42 Å². The molecule has 1 aromatic heterocycles. The van der Waals surface area contributed by atoms with Crippen LogP contribution < -0.4 is 5.43 Å². The summed E-state index contributed by atoms with van der Waals surface area (Å²) in [4.78, 5) is 12.1. The first kappa shape index (κ1) is 8.96. The highest BCUT2D eigenvalue weighted by Crippen LogP contribution is 2.24. The van der Waals surface area contributed by atoms with Crippen molar-refractivity contribution in [1.82, 2.24) is 0 Å². The molecule has 2 aliphatic rings. The Morgan fingerprint density at radius 1 is 1.07 bits per heavy atom. The minimum atomic E-state index is 0.224. The van der Waals surface area contributed by atoms with Crippen LogP contribution in [-0.4, -0.2) is 0 Å². The van der Waals surface area contributed by atoms with E-state index in [1.807, 2.05) is 6.08 Å². The predicted octanol–water partition coefficient (Wildman–Crippen LogP) is 2.48. The molecule has 0 spiro atoms. The quantitative estimate of drug-likeness (QED) is 0.647. The van der Waals surface area contributed by atoms with Crippen molar-refractivity contribution in [2.45, 2.75) is 38.5 Å². The maximum atomic E-state index is 12.1. The monoisotopic (exact) mass is 202 g/mol. The van der Waals surface area contributed by atoms with Gasteiger partial charge in [-0.05, 0) is 25.7 Å². The Kier molecular flexibility index (Phi) is 2.01.